The Balaban J connectivity index is 2.90. The molecule has 0 aliphatic heterocycles. The fourth-order valence-corrected chi connectivity index (χ4v) is 3.52. The van der Waals surface area contributed by atoms with Crippen LogP contribution in [0.15, 0.2) is 24.4 Å². The molecule has 0 aliphatic rings. The second-order valence-corrected chi connectivity index (χ2v) is 6.27. The molecule has 1 atom stereocenters. The van der Waals surface area contributed by atoms with Crippen LogP contribution in [0.1, 0.15) is 26.0 Å². The zero-order valence-electron chi connectivity index (χ0n) is 10.9. The lowest BCUT2D eigenvalue weighted by molar-refractivity contribution is 0.409. The quantitative estimate of drug-likeness (QED) is 0.801. The molecule has 6 heteroatoms. The number of rotatable bonds is 7. The summed E-state index contributed by atoms with van der Waals surface area (Å²) in [6.07, 6.45) is 2.19. The number of nitrogens with zero attached hydrogens (tertiary/aromatic N) is 2. The van der Waals surface area contributed by atoms with E-state index in [0.29, 0.717) is 19.5 Å². The maximum absolute atomic E-state index is 12.3. The summed E-state index contributed by atoms with van der Waals surface area (Å²) in [5.74, 6) is 0. The molecule has 1 unspecified atom stereocenters. The van der Waals surface area contributed by atoms with E-state index in [1.807, 2.05) is 32.0 Å². The van der Waals surface area contributed by atoms with E-state index in [2.05, 4.69) is 4.98 Å². The van der Waals surface area contributed by atoms with Crippen LogP contribution in [0.2, 0.25) is 0 Å². The third kappa shape index (κ3) is 3.51. The number of pyridine rings is 1. The Hall–Kier alpha value is -0.980. The van der Waals surface area contributed by atoms with E-state index in [4.69, 9.17) is 5.73 Å². The summed E-state index contributed by atoms with van der Waals surface area (Å²) in [5, 5.41) is -0.513. The number of hydrogen-bond donors (Lipinski definition) is 1. The molecule has 1 rings (SSSR count). The van der Waals surface area contributed by atoms with Crippen LogP contribution in [0.5, 0.6) is 0 Å². The van der Waals surface area contributed by atoms with E-state index in [9.17, 15) is 8.42 Å². The smallest absolute Gasteiger partial charge is 0.218 e. The molecule has 1 aromatic heterocycles. The molecular formula is C12H21N3O2S. The Morgan fingerprint density at radius 1 is 1.39 bits per heavy atom. The van der Waals surface area contributed by atoms with Gasteiger partial charge in [0.05, 0.1) is 17.5 Å². The van der Waals surface area contributed by atoms with Crippen molar-refractivity contribution in [3.8, 4) is 0 Å². The van der Waals surface area contributed by atoms with Crippen molar-refractivity contribution in [1.82, 2.24) is 9.29 Å². The molecule has 0 spiro atoms. The van der Waals surface area contributed by atoms with Gasteiger partial charge in [0, 0.05) is 19.3 Å². The van der Waals surface area contributed by atoms with Crippen LogP contribution in [0.4, 0.5) is 0 Å². The largest absolute Gasteiger partial charge is 0.329 e. The zero-order chi connectivity index (χ0) is 13.6. The van der Waals surface area contributed by atoms with Crippen molar-refractivity contribution in [2.45, 2.75) is 32.1 Å². The summed E-state index contributed by atoms with van der Waals surface area (Å²) in [6.45, 7) is 4.54. The Morgan fingerprint density at radius 2 is 2.11 bits per heavy atom. The van der Waals surface area contributed by atoms with E-state index in [-0.39, 0.29) is 6.54 Å². The molecule has 1 heterocycles. The Kier molecular flexibility index (Phi) is 5.71. The van der Waals surface area contributed by atoms with Crippen LogP contribution in [-0.2, 0) is 16.6 Å². The fraction of sp³-hybridized carbons (Fsp3) is 0.583. The van der Waals surface area contributed by atoms with Gasteiger partial charge in [0.25, 0.3) is 0 Å². The lowest BCUT2D eigenvalue weighted by Crippen LogP contribution is -2.41. The Morgan fingerprint density at radius 3 is 2.56 bits per heavy atom. The molecule has 0 aromatic carbocycles. The minimum atomic E-state index is -3.34. The van der Waals surface area contributed by atoms with Gasteiger partial charge in [-0.3, -0.25) is 4.98 Å². The van der Waals surface area contributed by atoms with Crippen molar-refractivity contribution in [3.63, 3.8) is 0 Å². The molecule has 1 aromatic rings. The first-order valence-electron chi connectivity index (χ1n) is 6.15. The highest BCUT2D eigenvalue weighted by Crippen LogP contribution is 2.14. The van der Waals surface area contributed by atoms with Crippen LogP contribution in [0, 0.1) is 0 Å². The van der Waals surface area contributed by atoms with E-state index < -0.39 is 15.3 Å². The highest BCUT2D eigenvalue weighted by Gasteiger charge is 2.28. The first-order valence-corrected chi connectivity index (χ1v) is 7.65. The molecule has 2 N–H and O–H groups in total. The predicted molar refractivity (Wildman–Crippen MR) is 72.4 cm³/mol. The van der Waals surface area contributed by atoms with E-state index in [0.717, 1.165) is 5.69 Å². The highest BCUT2D eigenvalue weighted by molar-refractivity contribution is 7.89. The van der Waals surface area contributed by atoms with Crippen molar-refractivity contribution >= 4 is 10.0 Å². The second kappa shape index (κ2) is 6.82. The number of hydrogen-bond acceptors (Lipinski definition) is 4. The SMILES string of the molecule is CCC(CN)S(=O)(=O)N(CC)Cc1ccccn1. The molecule has 0 bridgehead atoms. The molecule has 0 fully saturated rings. The molecule has 102 valence electrons. The van der Waals surface area contributed by atoms with Gasteiger partial charge in [0.2, 0.25) is 10.0 Å². The molecule has 5 nitrogen and oxygen atoms in total. The monoisotopic (exact) mass is 271 g/mol. The number of nitrogens with two attached hydrogens (primary N) is 1. The van der Waals surface area contributed by atoms with Crippen LogP contribution in [-0.4, -0.2) is 36.0 Å². The molecular weight excluding hydrogens is 250 g/mol. The summed E-state index contributed by atoms with van der Waals surface area (Å²) in [7, 11) is -3.34. The molecule has 0 saturated carbocycles. The van der Waals surface area contributed by atoms with Crippen molar-refractivity contribution in [3.05, 3.63) is 30.1 Å². The topological polar surface area (TPSA) is 76.3 Å². The zero-order valence-corrected chi connectivity index (χ0v) is 11.7. The van der Waals surface area contributed by atoms with E-state index in [1.54, 1.807) is 6.20 Å². The molecule has 0 aliphatic carbocycles. The summed E-state index contributed by atoms with van der Waals surface area (Å²) in [6, 6.07) is 5.48. The van der Waals surface area contributed by atoms with Crippen molar-refractivity contribution in [2.24, 2.45) is 5.73 Å². The van der Waals surface area contributed by atoms with Gasteiger partial charge in [0.15, 0.2) is 0 Å². The van der Waals surface area contributed by atoms with Crippen molar-refractivity contribution in [2.75, 3.05) is 13.1 Å². The summed E-state index contributed by atoms with van der Waals surface area (Å²) in [5.41, 5.74) is 6.28. The maximum Gasteiger partial charge on any atom is 0.218 e. The molecule has 0 radical (unpaired) electrons. The average molecular weight is 271 g/mol. The molecule has 0 saturated heterocycles. The van der Waals surface area contributed by atoms with Crippen LogP contribution in [0.3, 0.4) is 0 Å². The second-order valence-electron chi connectivity index (χ2n) is 4.06. The summed E-state index contributed by atoms with van der Waals surface area (Å²) >= 11 is 0. The van der Waals surface area contributed by atoms with Crippen LogP contribution in [0.25, 0.3) is 0 Å². The third-order valence-corrected chi connectivity index (χ3v) is 5.39. The van der Waals surface area contributed by atoms with Crippen molar-refractivity contribution in [1.29, 1.82) is 0 Å². The molecule has 0 amide bonds. The first kappa shape index (κ1) is 15.1. The van der Waals surface area contributed by atoms with Gasteiger partial charge in [-0.05, 0) is 18.6 Å². The van der Waals surface area contributed by atoms with Gasteiger partial charge in [-0.15, -0.1) is 0 Å². The fourth-order valence-electron chi connectivity index (χ4n) is 1.76. The van der Waals surface area contributed by atoms with Gasteiger partial charge in [-0.25, -0.2) is 8.42 Å². The van der Waals surface area contributed by atoms with Gasteiger partial charge in [-0.1, -0.05) is 19.9 Å². The highest BCUT2D eigenvalue weighted by atomic mass is 32.2. The van der Waals surface area contributed by atoms with Crippen LogP contribution >= 0.6 is 0 Å². The lowest BCUT2D eigenvalue weighted by Gasteiger charge is -2.24. The van der Waals surface area contributed by atoms with Crippen LogP contribution < -0.4 is 5.73 Å². The van der Waals surface area contributed by atoms with Gasteiger partial charge < -0.3 is 5.73 Å². The standard InChI is InChI=1S/C12H21N3O2S/c1-3-12(9-13)18(16,17)15(4-2)10-11-7-5-6-8-14-11/h5-8,12H,3-4,9-10,13H2,1-2H3. The Bertz CT molecular complexity index is 444. The van der Waals surface area contributed by atoms with Crippen molar-refractivity contribution < 1.29 is 8.42 Å². The van der Waals surface area contributed by atoms with E-state index >= 15 is 0 Å². The minimum absolute atomic E-state index is 0.150. The number of aromatic nitrogens is 1. The lowest BCUT2D eigenvalue weighted by atomic mass is 10.3. The maximum atomic E-state index is 12.3. The van der Waals surface area contributed by atoms with Gasteiger partial charge in [0.1, 0.15) is 0 Å². The normalized spacial score (nSPS) is 13.8. The van der Waals surface area contributed by atoms with Gasteiger partial charge >= 0.3 is 0 Å². The molecule has 18 heavy (non-hydrogen) atoms. The minimum Gasteiger partial charge on any atom is -0.329 e. The Labute approximate surface area is 109 Å². The number of sulfonamides is 1. The predicted octanol–water partition coefficient (Wildman–Crippen LogP) is 0.971. The summed E-state index contributed by atoms with van der Waals surface area (Å²) in [4.78, 5) is 4.15. The summed E-state index contributed by atoms with van der Waals surface area (Å²) < 4.78 is 26.1. The average Bonchev–Trinajstić information content (AvgIpc) is 2.38. The first-order chi connectivity index (χ1) is 8.56. The van der Waals surface area contributed by atoms with Gasteiger partial charge in [-0.2, -0.15) is 4.31 Å². The third-order valence-electron chi connectivity index (χ3n) is 2.92. The van der Waals surface area contributed by atoms with E-state index in [1.165, 1.54) is 4.31 Å².